The molecule has 0 saturated carbocycles. The van der Waals surface area contributed by atoms with Crippen LogP contribution in [0.4, 0.5) is 0 Å². The summed E-state index contributed by atoms with van der Waals surface area (Å²) in [5.74, 6) is 0.497. The summed E-state index contributed by atoms with van der Waals surface area (Å²) in [5, 5.41) is 9.37. The standard InChI is InChI=1S/C17H22N2O/c1-13-7-9-19(10-8-13)17(20)11-15(12-18)16-6-4-3-5-14(16)2/h3-6,13,15H,7-11H2,1-2H3. The molecule has 2 rings (SSSR count). The highest BCUT2D eigenvalue weighted by atomic mass is 16.2. The molecular weight excluding hydrogens is 248 g/mol. The number of likely N-dealkylation sites (tertiary alicyclic amines) is 1. The minimum absolute atomic E-state index is 0.117. The molecule has 0 radical (unpaired) electrons. The molecule has 1 aromatic rings. The van der Waals surface area contributed by atoms with Gasteiger partial charge < -0.3 is 4.90 Å². The van der Waals surface area contributed by atoms with Gasteiger partial charge in [0.05, 0.1) is 12.0 Å². The molecule has 106 valence electrons. The lowest BCUT2D eigenvalue weighted by molar-refractivity contribution is -0.132. The number of nitriles is 1. The van der Waals surface area contributed by atoms with Crippen LogP contribution in [0.15, 0.2) is 24.3 Å². The number of rotatable bonds is 3. The van der Waals surface area contributed by atoms with Crippen LogP contribution in [0, 0.1) is 24.2 Å². The van der Waals surface area contributed by atoms with Crippen molar-refractivity contribution in [1.82, 2.24) is 4.90 Å². The Hall–Kier alpha value is -1.82. The Morgan fingerprint density at radius 1 is 1.40 bits per heavy atom. The number of nitrogens with zero attached hydrogens (tertiary/aromatic N) is 2. The van der Waals surface area contributed by atoms with Gasteiger partial charge in [-0.05, 0) is 36.8 Å². The first-order valence-electron chi connectivity index (χ1n) is 7.34. The van der Waals surface area contributed by atoms with Crippen molar-refractivity contribution in [2.75, 3.05) is 13.1 Å². The van der Waals surface area contributed by atoms with Gasteiger partial charge in [0, 0.05) is 19.5 Å². The second-order valence-electron chi connectivity index (χ2n) is 5.81. The predicted octanol–water partition coefficient (Wildman–Crippen LogP) is 3.25. The highest BCUT2D eigenvalue weighted by molar-refractivity contribution is 5.77. The molecule has 1 saturated heterocycles. The molecule has 1 fully saturated rings. The minimum atomic E-state index is -0.331. The van der Waals surface area contributed by atoms with Crippen LogP contribution >= 0.6 is 0 Å². The number of carbonyl (C=O) groups is 1. The maximum absolute atomic E-state index is 12.3. The first-order valence-corrected chi connectivity index (χ1v) is 7.34. The normalized spacial score (nSPS) is 17.6. The number of aryl methyl sites for hydroxylation is 1. The Labute approximate surface area is 121 Å². The fourth-order valence-electron chi connectivity index (χ4n) is 2.76. The Bertz CT molecular complexity index is 510. The average molecular weight is 270 g/mol. The van der Waals surface area contributed by atoms with E-state index in [9.17, 15) is 10.1 Å². The Kier molecular flexibility index (Phi) is 4.79. The second kappa shape index (κ2) is 6.56. The number of carbonyl (C=O) groups excluding carboxylic acids is 1. The van der Waals surface area contributed by atoms with Gasteiger partial charge in [-0.3, -0.25) is 4.79 Å². The lowest BCUT2D eigenvalue weighted by atomic mass is 9.92. The van der Waals surface area contributed by atoms with Crippen molar-refractivity contribution in [2.45, 2.75) is 39.0 Å². The molecule has 3 nitrogen and oxygen atoms in total. The monoisotopic (exact) mass is 270 g/mol. The van der Waals surface area contributed by atoms with E-state index in [1.807, 2.05) is 36.1 Å². The van der Waals surface area contributed by atoms with Gasteiger partial charge >= 0.3 is 0 Å². The molecule has 1 aliphatic heterocycles. The smallest absolute Gasteiger partial charge is 0.224 e. The van der Waals surface area contributed by atoms with Crippen LogP contribution in [-0.4, -0.2) is 23.9 Å². The van der Waals surface area contributed by atoms with Crippen LogP contribution in [0.2, 0.25) is 0 Å². The molecule has 3 heteroatoms. The van der Waals surface area contributed by atoms with Gasteiger partial charge in [-0.25, -0.2) is 0 Å². The lowest BCUT2D eigenvalue weighted by Crippen LogP contribution is -2.38. The van der Waals surface area contributed by atoms with Crippen molar-refractivity contribution >= 4 is 5.91 Å². The van der Waals surface area contributed by atoms with Crippen molar-refractivity contribution in [3.8, 4) is 6.07 Å². The molecule has 1 aromatic carbocycles. The van der Waals surface area contributed by atoms with E-state index in [0.29, 0.717) is 12.3 Å². The van der Waals surface area contributed by atoms with Gasteiger partial charge in [-0.2, -0.15) is 5.26 Å². The van der Waals surface area contributed by atoms with E-state index in [-0.39, 0.29) is 11.8 Å². The fourth-order valence-corrected chi connectivity index (χ4v) is 2.76. The first-order chi connectivity index (χ1) is 9.61. The molecule has 0 spiro atoms. The van der Waals surface area contributed by atoms with Crippen LogP contribution in [0.5, 0.6) is 0 Å². The van der Waals surface area contributed by atoms with Crippen molar-refractivity contribution in [1.29, 1.82) is 5.26 Å². The van der Waals surface area contributed by atoms with Gasteiger partial charge in [-0.1, -0.05) is 31.2 Å². The van der Waals surface area contributed by atoms with Crippen LogP contribution in [0.3, 0.4) is 0 Å². The van der Waals surface area contributed by atoms with Gasteiger partial charge in [-0.15, -0.1) is 0 Å². The minimum Gasteiger partial charge on any atom is -0.343 e. The third-order valence-electron chi connectivity index (χ3n) is 4.23. The maximum Gasteiger partial charge on any atom is 0.224 e. The largest absolute Gasteiger partial charge is 0.343 e. The molecule has 0 N–H and O–H groups in total. The quantitative estimate of drug-likeness (QED) is 0.846. The molecule has 0 aliphatic carbocycles. The highest BCUT2D eigenvalue weighted by Gasteiger charge is 2.24. The molecule has 1 aliphatic rings. The number of piperidine rings is 1. The van der Waals surface area contributed by atoms with E-state index in [1.165, 1.54) is 0 Å². The van der Waals surface area contributed by atoms with E-state index >= 15 is 0 Å². The number of hydrogen-bond acceptors (Lipinski definition) is 2. The van der Waals surface area contributed by atoms with Crippen LogP contribution in [-0.2, 0) is 4.79 Å². The number of amides is 1. The van der Waals surface area contributed by atoms with Crippen LogP contribution in [0.25, 0.3) is 0 Å². The van der Waals surface area contributed by atoms with E-state index in [4.69, 9.17) is 0 Å². The topological polar surface area (TPSA) is 44.1 Å². The molecular formula is C17H22N2O. The Balaban J connectivity index is 2.02. The third kappa shape index (κ3) is 3.39. The Morgan fingerprint density at radius 2 is 2.05 bits per heavy atom. The molecule has 0 bridgehead atoms. The average Bonchev–Trinajstić information content (AvgIpc) is 2.46. The zero-order chi connectivity index (χ0) is 14.5. The second-order valence-corrected chi connectivity index (χ2v) is 5.81. The van der Waals surface area contributed by atoms with E-state index in [1.54, 1.807) is 0 Å². The summed E-state index contributed by atoms with van der Waals surface area (Å²) in [6.45, 7) is 5.90. The van der Waals surface area contributed by atoms with E-state index in [0.717, 1.165) is 37.1 Å². The molecule has 1 amide bonds. The van der Waals surface area contributed by atoms with Crippen molar-refractivity contribution in [3.05, 3.63) is 35.4 Å². The summed E-state index contributed by atoms with van der Waals surface area (Å²) in [7, 11) is 0. The SMILES string of the molecule is Cc1ccccc1C(C#N)CC(=O)N1CCC(C)CC1. The summed E-state index contributed by atoms with van der Waals surface area (Å²) < 4.78 is 0. The highest BCUT2D eigenvalue weighted by Crippen LogP contribution is 2.24. The number of benzene rings is 1. The summed E-state index contributed by atoms with van der Waals surface area (Å²) in [4.78, 5) is 14.3. The maximum atomic E-state index is 12.3. The molecule has 0 aromatic heterocycles. The molecule has 1 atom stereocenters. The van der Waals surface area contributed by atoms with Crippen molar-refractivity contribution in [3.63, 3.8) is 0 Å². The fraction of sp³-hybridized carbons (Fsp3) is 0.529. The zero-order valence-electron chi connectivity index (χ0n) is 12.3. The lowest BCUT2D eigenvalue weighted by Gasteiger charge is -2.31. The van der Waals surface area contributed by atoms with Gasteiger partial charge in [0.15, 0.2) is 0 Å². The van der Waals surface area contributed by atoms with Gasteiger partial charge in [0.1, 0.15) is 0 Å². The molecule has 20 heavy (non-hydrogen) atoms. The van der Waals surface area contributed by atoms with Crippen LogP contribution in [0.1, 0.15) is 43.2 Å². The van der Waals surface area contributed by atoms with E-state index in [2.05, 4.69) is 13.0 Å². The van der Waals surface area contributed by atoms with Crippen molar-refractivity contribution in [2.24, 2.45) is 5.92 Å². The van der Waals surface area contributed by atoms with Gasteiger partial charge in [0.2, 0.25) is 5.91 Å². The van der Waals surface area contributed by atoms with Crippen LogP contribution < -0.4 is 0 Å². The molecule has 1 unspecified atom stereocenters. The van der Waals surface area contributed by atoms with Crippen molar-refractivity contribution < 1.29 is 4.79 Å². The number of hydrogen-bond donors (Lipinski definition) is 0. The van der Waals surface area contributed by atoms with E-state index < -0.39 is 0 Å². The Morgan fingerprint density at radius 3 is 2.65 bits per heavy atom. The summed E-state index contributed by atoms with van der Waals surface area (Å²) >= 11 is 0. The predicted molar refractivity (Wildman–Crippen MR) is 79.1 cm³/mol. The van der Waals surface area contributed by atoms with Gasteiger partial charge in [0.25, 0.3) is 0 Å². The first kappa shape index (κ1) is 14.6. The molecule has 1 heterocycles. The third-order valence-corrected chi connectivity index (χ3v) is 4.23. The summed E-state index contributed by atoms with van der Waals surface area (Å²) in [6.07, 6.45) is 2.45. The summed E-state index contributed by atoms with van der Waals surface area (Å²) in [5.41, 5.74) is 2.06. The zero-order valence-corrected chi connectivity index (χ0v) is 12.3. The summed E-state index contributed by atoms with van der Waals surface area (Å²) in [6, 6.07) is 10.1.